The molecule has 0 unspecified atom stereocenters. The zero-order valence-corrected chi connectivity index (χ0v) is 11.4. The molecular weight excluding hydrogens is 241 g/mol. The second kappa shape index (κ2) is 4.27. The van der Waals surface area contributed by atoms with Crippen molar-refractivity contribution < 1.29 is 0 Å². The standard InChI is InChI=1S/C18H14BN/c19-14-8-5-12(6-9-14)13-7-10-18-16(11-13)15-3-1-2-4-17(15)20-18/h1-11,20H,19H2. The van der Waals surface area contributed by atoms with E-state index < -0.39 is 0 Å². The summed E-state index contributed by atoms with van der Waals surface area (Å²) in [5.74, 6) is 0. The molecule has 4 aromatic rings. The van der Waals surface area contributed by atoms with Gasteiger partial charge in [0.1, 0.15) is 7.85 Å². The molecule has 1 N–H and O–H groups in total. The van der Waals surface area contributed by atoms with Crippen molar-refractivity contribution in [3.63, 3.8) is 0 Å². The van der Waals surface area contributed by atoms with Gasteiger partial charge >= 0.3 is 0 Å². The topological polar surface area (TPSA) is 15.8 Å². The molecule has 3 aromatic carbocycles. The maximum Gasteiger partial charge on any atom is 0.139 e. The summed E-state index contributed by atoms with van der Waals surface area (Å²) in [7, 11) is 2.12. The van der Waals surface area contributed by atoms with Gasteiger partial charge < -0.3 is 4.98 Å². The van der Waals surface area contributed by atoms with Crippen molar-refractivity contribution in [1.29, 1.82) is 0 Å². The molecule has 0 aliphatic rings. The van der Waals surface area contributed by atoms with Crippen LogP contribution in [0.4, 0.5) is 0 Å². The molecule has 94 valence electrons. The van der Waals surface area contributed by atoms with Gasteiger partial charge in [0, 0.05) is 21.8 Å². The number of hydrogen-bond acceptors (Lipinski definition) is 0. The molecule has 0 fully saturated rings. The Labute approximate surface area is 118 Å². The van der Waals surface area contributed by atoms with E-state index in [-0.39, 0.29) is 0 Å². The quantitative estimate of drug-likeness (QED) is 0.502. The van der Waals surface area contributed by atoms with Crippen LogP contribution in [0, 0.1) is 0 Å². The van der Waals surface area contributed by atoms with Crippen LogP contribution in [0.1, 0.15) is 0 Å². The summed E-state index contributed by atoms with van der Waals surface area (Å²) in [6, 6.07) is 23.8. The Morgan fingerprint density at radius 3 is 2.20 bits per heavy atom. The van der Waals surface area contributed by atoms with Crippen molar-refractivity contribution in [1.82, 2.24) is 4.98 Å². The fourth-order valence-corrected chi connectivity index (χ4v) is 2.77. The molecule has 0 amide bonds. The minimum Gasteiger partial charge on any atom is -0.355 e. The van der Waals surface area contributed by atoms with Crippen molar-refractivity contribution in [3.05, 3.63) is 66.7 Å². The highest BCUT2D eigenvalue weighted by atomic mass is 14.7. The maximum absolute atomic E-state index is 3.47. The lowest BCUT2D eigenvalue weighted by molar-refractivity contribution is 1.54. The lowest BCUT2D eigenvalue weighted by Gasteiger charge is -2.03. The number of aromatic nitrogens is 1. The lowest BCUT2D eigenvalue weighted by Crippen LogP contribution is -1.99. The highest BCUT2D eigenvalue weighted by molar-refractivity contribution is 6.32. The van der Waals surface area contributed by atoms with Gasteiger partial charge in [-0.15, -0.1) is 0 Å². The summed E-state index contributed by atoms with van der Waals surface area (Å²) in [4.78, 5) is 3.47. The first kappa shape index (κ1) is 11.4. The van der Waals surface area contributed by atoms with Crippen LogP contribution in [-0.4, -0.2) is 12.8 Å². The fraction of sp³-hybridized carbons (Fsp3) is 0. The van der Waals surface area contributed by atoms with Crippen LogP contribution in [0.3, 0.4) is 0 Å². The third-order valence-electron chi connectivity index (χ3n) is 3.89. The molecular formula is C18H14BN. The highest BCUT2D eigenvalue weighted by Gasteiger charge is 2.05. The van der Waals surface area contributed by atoms with Crippen molar-refractivity contribution in [3.8, 4) is 11.1 Å². The van der Waals surface area contributed by atoms with Gasteiger partial charge in [-0.2, -0.15) is 0 Å². The van der Waals surface area contributed by atoms with Gasteiger partial charge in [0.15, 0.2) is 0 Å². The Morgan fingerprint density at radius 1 is 0.650 bits per heavy atom. The van der Waals surface area contributed by atoms with Crippen LogP contribution in [0.2, 0.25) is 0 Å². The lowest BCUT2D eigenvalue weighted by atomic mass is 9.93. The van der Waals surface area contributed by atoms with Gasteiger partial charge in [-0.05, 0) is 29.3 Å². The van der Waals surface area contributed by atoms with Crippen LogP contribution < -0.4 is 5.46 Å². The van der Waals surface area contributed by atoms with Crippen molar-refractivity contribution in [2.24, 2.45) is 0 Å². The monoisotopic (exact) mass is 255 g/mol. The average Bonchev–Trinajstić information content (AvgIpc) is 2.86. The Bertz CT molecular complexity index is 904. The number of fused-ring (bicyclic) bond motifs is 3. The molecule has 1 nitrogen and oxygen atoms in total. The van der Waals surface area contributed by atoms with Crippen LogP contribution in [0.15, 0.2) is 66.7 Å². The van der Waals surface area contributed by atoms with E-state index in [2.05, 4.69) is 79.6 Å². The van der Waals surface area contributed by atoms with Gasteiger partial charge in [-0.1, -0.05) is 54.0 Å². The molecule has 2 heteroatoms. The SMILES string of the molecule is Bc1ccc(-c2ccc3[nH]c4ccccc4c3c2)cc1. The number of hydrogen-bond donors (Lipinski definition) is 1. The van der Waals surface area contributed by atoms with Gasteiger partial charge in [-0.3, -0.25) is 0 Å². The third kappa shape index (κ3) is 1.73. The predicted octanol–water partition coefficient (Wildman–Crippen LogP) is 3.25. The molecule has 0 aliphatic carbocycles. The first-order chi connectivity index (χ1) is 9.81. The maximum atomic E-state index is 3.47. The first-order valence-corrected chi connectivity index (χ1v) is 6.89. The van der Waals surface area contributed by atoms with Crippen LogP contribution >= 0.6 is 0 Å². The normalized spacial score (nSPS) is 11.2. The van der Waals surface area contributed by atoms with Crippen molar-refractivity contribution >= 4 is 35.1 Å². The number of para-hydroxylation sites is 1. The minimum atomic E-state index is 1.20. The third-order valence-corrected chi connectivity index (χ3v) is 3.89. The van der Waals surface area contributed by atoms with E-state index in [1.165, 1.54) is 38.4 Å². The summed E-state index contributed by atoms with van der Waals surface area (Å²) < 4.78 is 0. The molecule has 0 atom stereocenters. The summed E-state index contributed by atoms with van der Waals surface area (Å²) in [6.07, 6.45) is 0. The van der Waals surface area contributed by atoms with Gasteiger partial charge in [0.2, 0.25) is 0 Å². The molecule has 0 aliphatic heterocycles. The molecule has 0 radical (unpaired) electrons. The first-order valence-electron chi connectivity index (χ1n) is 6.89. The number of benzene rings is 3. The van der Waals surface area contributed by atoms with Gasteiger partial charge in [0.05, 0.1) is 0 Å². The van der Waals surface area contributed by atoms with Crippen LogP contribution in [-0.2, 0) is 0 Å². The summed E-state index contributed by atoms with van der Waals surface area (Å²) in [5.41, 5.74) is 6.22. The van der Waals surface area contributed by atoms with E-state index in [4.69, 9.17) is 0 Å². The largest absolute Gasteiger partial charge is 0.355 e. The van der Waals surface area contributed by atoms with E-state index in [1.54, 1.807) is 0 Å². The predicted molar refractivity (Wildman–Crippen MR) is 89.4 cm³/mol. The molecule has 0 bridgehead atoms. The zero-order valence-electron chi connectivity index (χ0n) is 11.4. The Kier molecular flexibility index (Phi) is 2.43. The number of H-pyrrole nitrogens is 1. The Morgan fingerprint density at radius 2 is 1.35 bits per heavy atom. The van der Waals surface area contributed by atoms with Crippen molar-refractivity contribution in [2.45, 2.75) is 0 Å². The molecule has 4 rings (SSSR count). The Balaban J connectivity index is 1.97. The second-order valence-corrected chi connectivity index (χ2v) is 5.30. The van der Waals surface area contributed by atoms with E-state index >= 15 is 0 Å². The van der Waals surface area contributed by atoms with E-state index in [1.807, 2.05) is 0 Å². The minimum absolute atomic E-state index is 1.20. The second-order valence-electron chi connectivity index (χ2n) is 5.30. The van der Waals surface area contributed by atoms with E-state index in [0.717, 1.165) is 0 Å². The molecule has 20 heavy (non-hydrogen) atoms. The van der Waals surface area contributed by atoms with Crippen LogP contribution in [0.5, 0.6) is 0 Å². The number of nitrogens with one attached hydrogen (secondary N) is 1. The van der Waals surface area contributed by atoms with Gasteiger partial charge in [0.25, 0.3) is 0 Å². The average molecular weight is 255 g/mol. The zero-order chi connectivity index (χ0) is 13.5. The molecule has 0 spiro atoms. The molecule has 0 saturated heterocycles. The fourth-order valence-electron chi connectivity index (χ4n) is 2.77. The highest BCUT2D eigenvalue weighted by Crippen LogP contribution is 2.29. The van der Waals surface area contributed by atoms with Crippen molar-refractivity contribution in [2.75, 3.05) is 0 Å². The summed E-state index contributed by atoms with van der Waals surface area (Å²) in [6.45, 7) is 0. The van der Waals surface area contributed by atoms with Crippen LogP contribution in [0.25, 0.3) is 32.9 Å². The Hall–Kier alpha value is -2.48. The molecule has 1 heterocycles. The summed E-state index contributed by atoms with van der Waals surface area (Å²) in [5, 5.41) is 2.58. The van der Waals surface area contributed by atoms with E-state index in [0.29, 0.717) is 0 Å². The molecule has 1 aromatic heterocycles. The smallest absolute Gasteiger partial charge is 0.139 e. The molecule has 0 saturated carbocycles. The number of rotatable bonds is 1. The van der Waals surface area contributed by atoms with E-state index in [9.17, 15) is 0 Å². The summed E-state index contributed by atoms with van der Waals surface area (Å²) >= 11 is 0. The van der Waals surface area contributed by atoms with Gasteiger partial charge in [-0.25, -0.2) is 0 Å². The number of aromatic amines is 1.